The number of carbonyl (C=O) groups is 2. The number of carbonyl (C=O) groups excluding carboxylic acids is 1. The lowest BCUT2D eigenvalue weighted by molar-refractivity contribution is -0.124. The third-order valence-electron chi connectivity index (χ3n) is 2.17. The SMILES string of the molecule is COc1cc(C(=O)O)cc(Br)c1OC(C)C(N)=O. The molecule has 0 spiro atoms. The van der Waals surface area contributed by atoms with Crippen LogP contribution in [0.4, 0.5) is 0 Å². The van der Waals surface area contributed by atoms with E-state index < -0.39 is 18.0 Å². The lowest BCUT2D eigenvalue weighted by Gasteiger charge is -2.16. The van der Waals surface area contributed by atoms with Gasteiger partial charge in [-0.15, -0.1) is 0 Å². The Morgan fingerprint density at radius 1 is 1.44 bits per heavy atom. The molecule has 0 radical (unpaired) electrons. The van der Waals surface area contributed by atoms with Crippen LogP contribution in [0.25, 0.3) is 0 Å². The van der Waals surface area contributed by atoms with E-state index in [4.69, 9.17) is 20.3 Å². The van der Waals surface area contributed by atoms with Gasteiger partial charge in [0, 0.05) is 0 Å². The first-order valence-electron chi connectivity index (χ1n) is 4.93. The highest BCUT2D eigenvalue weighted by molar-refractivity contribution is 9.10. The summed E-state index contributed by atoms with van der Waals surface area (Å²) < 4.78 is 10.7. The molecule has 0 saturated carbocycles. The summed E-state index contributed by atoms with van der Waals surface area (Å²) in [6.45, 7) is 1.49. The zero-order valence-electron chi connectivity index (χ0n) is 9.77. The molecule has 0 aliphatic heterocycles. The summed E-state index contributed by atoms with van der Waals surface area (Å²) >= 11 is 3.16. The number of primary amides is 1. The van der Waals surface area contributed by atoms with Gasteiger partial charge in [0.05, 0.1) is 17.1 Å². The van der Waals surface area contributed by atoms with Crippen molar-refractivity contribution < 1.29 is 24.2 Å². The molecule has 98 valence electrons. The van der Waals surface area contributed by atoms with E-state index in [9.17, 15) is 9.59 Å². The highest BCUT2D eigenvalue weighted by atomic mass is 79.9. The van der Waals surface area contributed by atoms with Crippen molar-refractivity contribution in [3.8, 4) is 11.5 Å². The van der Waals surface area contributed by atoms with Crippen LogP contribution in [0.1, 0.15) is 17.3 Å². The Bertz CT molecular complexity index is 489. The summed E-state index contributed by atoms with van der Waals surface area (Å²) in [4.78, 5) is 21.8. The second-order valence-electron chi connectivity index (χ2n) is 3.46. The van der Waals surface area contributed by atoms with Gasteiger partial charge < -0.3 is 20.3 Å². The van der Waals surface area contributed by atoms with Gasteiger partial charge in [0.25, 0.3) is 5.91 Å². The Hall–Kier alpha value is -1.76. The van der Waals surface area contributed by atoms with E-state index in [2.05, 4.69) is 15.9 Å². The number of rotatable bonds is 5. The van der Waals surface area contributed by atoms with Crippen molar-refractivity contribution in [1.82, 2.24) is 0 Å². The molecule has 0 saturated heterocycles. The average Bonchev–Trinajstić information content (AvgIpc) is 2.30. The molecule has 0 aliphatic carbocycles. The number of hydrogen-bond acceptors (Lipinski definition) is 4. The van der Waals surface area contributed by atoms with Crippen molar-refractivity contribution >= 4 is 27.8 Å². The number of carboxylic acids is 1. The monoisotopic (exact) mass is 317 g/mol. The maximum atomic E-state index is 10.9. The van der Waals surface area contributed by atoms with E-state index in [1.807, 2.05) is 0 Å². The highest BCUT2D eigenvalue weighted by Crippen LogP contribution is 2.37. The van der Waals surface area contributed by atoms with E-state index >= 15 is 0 Å². The Balaban J connectivity index is 3.19. The van der Waals surface area contributed by atoms with Crippen molar-refractivity contribution in [3.05, 3.63) is 22.2 Å². The minimum Gasteiger partial charge on any atom is -0.493 e. The summed E-state index contributed by atoms with van der Waals surface area (Å²) in [7, 11) is 1.37. The van der Waals surface area contributed by atoms with E-state index in [1.165, 1.54) is 26.2 Å². The molecule has 7 heteroatoms. The number of carboxylic acid groups (broad SMARTS) is 1. The van der Waals surface area contributed by atoms with Gasteiger partial charge >= 0.3 is 5.97 Å². The average molecular weight is 318 g/mol. The van der Waals surface area contributed by atoms with Crippen LogP contribution < -0.4 is 15.2 Å². The predicted octanol–water partition coefficient (Wildman–Crippen LogP) is 1.41. The van der Waals surface area contributed by atoms with Gasteiger partial charge in [-0.3, -0.25) is 4.79 Å². The Labute approximate surface area is 112 Å². The summed E-state index contributed by atoms with van der Waals surface area (Å²) in [5, 5.41) is 8.90. The maximum Gasteiger partial charge on any atom is 0.335 e. The van der Waals surface area contributed by atoms with E-state index in [0.717, 1.165) is 0 Å². The Morgan fingerprint density at radius 3 is 2.50 bits per heavy atom. The molecule has 3 N–H and O–H groups in total. The predicted molar refractivity (Wildman–Crippen MR) is 66.9 cm³/mol. The number of ether oxygens (including phenoxy) is 2. The third-order valence-corrected chi connectivity index (χ3v) is 2.76. The van der Waals surface area contributed by atoms with Crippen molar-refractivity contribution in [2.24, 2.45) is 5.73 Å². The number of hydrogen-bond donors (Lipinski definition) is 2. The minimum absolute atomic E-state index is 0.0396. The fourth-order valence-electron chi connectivity index (χ4n) is 1.19. The smallest absolute Gasteiger partial charge is 0.335 e. The number of nitrogens with two attached hydrogens (primary N) is 1. The van der Waals surface area contributed by atoms with Crippen LogP contribution in [0, 0.1) is 0 Å². The first kappa shape index (κ1) is 14.3. The van der Waals surface area contributed by atoms with Gasteiger partial charge in [0.2, 0.25) is 0 Å². The van der Waals surface area contributed by atoms with Crippen molar-refractivity contribution in [2.75, 3.05) is 7.11 Å². The molecule has 1 rings (SSSR count). The zero-order valence-corrected chi connectivity index (χ0v) is 11.4. The molecule has 0 aliphatic rings. The Kier molecular flexibility index (Phi) is 4.55. The summed E-state index contributed by atoms with van der Waals surface area (Å²) in [5.41, 5.74) is 5.13. The second kappa shape index (κ2) is 5.72. The van der Waals surface area contributed by atoms with Gasteiger partial charge in [-0.2, -0.15) is 0 Å². The lowest BCUT2D eigenvalue weighted by Crippen LogP contribution is -2.30. The molecule has 1 unspecified atom stereocenters. The molecule has 1 aromatic rings. The summed E-state index contributed by atoms with van der Waals surface area (Å²) in [6.07, 6.45) is -0.856. The number of halogens is 1. The van der Waals surface area contributed by atoms with Crippen molar-refractivity contribution in [2.45, 2.75) is 13.0 Å². The van der Waals surface area contributed by atoms with Gasteiger partial charge in [-0.25, -0.2) is 4.79 Å². The molecular weight excluding hydrogens is 306 g/mol. The first-order chi connectivity index (χ1) is 8.36. The van der Waals surface area contributed by atoms with Gasteiger partial charge in [-0.1, -0.05) is 0 Å². The molecule has 1 aromatic carbocycles. The van der Waals surface area contributed by atoms with Crippen molar-refractivity contribution in [1.29, 1.82) is 0 Å². The summed E-state index contributed by atoms with van der Waals surface area (Å²) in [6, 6.07) is 2.66. The first-order valence-corrected chi connectivity index (χ1v) is 5.73. The molecule has 0 aromatic heterocycles. The lowest BCUT2D eigenvalue weighted by atomic mass is 10.2. The molecular formula is C11H12BrNO5. The van der Waals surface area contributed by atoms with E-state index in [-0.39, 0.29) is 17.1 Å². The molecule has 6 nitrogen and oxygen atoms in total. The molecule has 0 fully saturated rings. The largest absolute Gasteiger partial charge is 0.493 e. The highest BCUT2D eigenvalue weighted by Gasteiger charge is 2.19. The van der Waals surface area contributed by atoms with Gasteiger partial charge in [-0.05, 0) is 35.0 Å². The maximum absolute atomic E-state index is 10.9. The number of benzene rings is 1. The van der Waals surface area contributed by atoms with Crippen LogP contribution in [-0.2, 0) is 4.79 Å². The van der Waals surface area contributed by atoms with Crippen molar-refractivity contribution in [3.63, 3.8) is 0 Å². The zero-order chi connectivity index (χ0) is 13.9. The van der Waals surface area contributed by atoms with Crippen LogP contribution in [-0.4, -0.2) is 30.2 Å². The molecule has 1 amide bonds. The fourth-order valence-corrected chi connectivity index (χ4v) is 1.73. The quantitative estimate of drug-likeness (QED) is 0.855. The topological polar surface area (TPSA) is 98.8 Å². The van der Waals surface area contributed by atoms with Gasteiger partial charge in [0.15, 0.2) is 17.6 Å². The summed E-state index contributed by atoms with van der Waals surface area (Å²) in [5.74, 6) is -1.29. The fraction of sp³-hybridized carbons (Fsp3) is 0.273. The van der Waals surface area contributed by atoms with Crippen LogP contribution in [0.5, 0.6) is 11.5 Å². The molecule has 1 atom stereocenters. The molecule has 0 bridgehead atoms. The van der Waals surface area contributed by atoms with Gasteiger partial charge in [0.1, 0.15) is 0 Å². The van der Waals surface area contributed by atoms with Crippen LogP contribution in [0.2, 0.25) is 0 Å². The van der Waals surface area contributed by atoms with E-state index in [1.54, 1.807) is 0 Å². The standard InChI is InChI=1S/C11H12BrNO5/c1-5(10(13)14)18-9-7(12)3-6(11(15)16)4-8(9)17-2/h3-5H,1-2H3,(H2,13,14)(H,15,16). The number of amides is 1. The molecule has 0 heterocycles. The van der Waals surface area contributed by atoms with Crippen LogP contribution in [0.15, 0.2) is 16.6 Å². The minimum atomic E-state index is -1.09. The van der Waals surface area contributed by atoms with Crippen LogP contribution in [0.3, 0.4) is 0 Å². The van der Waals surface area contributed by atoms with Crippen LogP contribution >= 0.6 is 15.9 Å². The Morgan fingerprint density at radius 2 is 2.06 bits per heavy atom. The molecule has 18 heavy (non-hydrogen) atoms. The normalized spacial score (nSPS) is 11.7. The van der Waals surface area contributed by atoms with E-state index in [0.29, 0.717) is 4.47 Å². The number of aromatic carboxylic acids is 1. The number of methoxy groups -OCH3 is 1. The second-order valence-corrected chi connectivity index (χ2v) is 4.31. The third kappa shape index (κ3) is 3.13.